The average Bonchev–Trinajstić information content (AvgIpc) is 3.47. The summed E-state index contributed by atoms with van der Waals surface area (Å²) in [5, 5.41) is 12.6. The number of benzene rings is 2. The number of alkyl halides is 1. The maximum absolute atomic E-state index is 13.4. The lowest BCUT2D eigenvalue weighted by Gasteiger charge is -2.33. The summed E-state index contributed by atoms with van der Waals surface area (Å²) < 4.78 is 21.3. The van der Waals surface area contributed by atoms with Gasteiger partial charge in [0.05, 0.1) is 37.6 Å². The molecule has 2 aromatic rings. The van der Waals surface area contributed by atoms with Crippen molar-refractivity contribution in [2.24, 2.45) is 0 Å². The van der Waals surface area contributed by atoms with Crippen molar-refractivity contribution in [3.63, 3.8) is 0 Å². The topological polar surface area (TPSA) is 127 Å². The van der Waals surface area contributed by atoms with Crippen LogP contribution in [0.15, 0.2) is 30.3 Å². The Hall–Kier alpha value is -3.78. The average molecular weight is 586 g/mol. The van der Waals surface area contributed by atoms with Gasteiger partial charge in [-0.05, 0) is 61.1 Å². The molecule has 2 aliphatic rings. The van der Waals surface area contributed by atoms with E-state index < -0.39 is 24.3 Å². The summed E-state index contributed by atoms with van der Waals surface area (Å²) in [5.74, 6) is 0.340. The smallest absolute Gasteiger partial charge is 0.476 e. The van der Waals surface area contributed by atoms with Gasteiger partial charge in [-0.15, -0.1) is 0 Å². The zero-order chi connectivity index (χ0) is 27.2. The van der Waals surface area contributed by atoms with Crippen LogP contribution in [-0.4, -0.2) is 44.5 Å². The van der Waals surface area contributed by atoms with Crippen LogP contribution < -0.4 is 19.7 Å². The minimum Gasteiger partial charge on any atom is -0.476 e. The number of hydrogen-bond donors (Lipinski definition) is 1. The second-order valence-electron chi connectivity index (χ2n) is 8.92. The Bertz CT molecular complexity index is 1270. The fourth-order valence-corrected chi connectivity index (χ4v) is 5.19. The van der Waals surface area contributed by atoms with Crippen molar-refractivity contribution in [1.82, 2.24) is 0 Å². The Morgan fingerprint density at radius 3 is 2.63 bits per heavy atom. The van der Waals surface area contributed by atoms with Crippen LogP contribution in [0.4, 0.5) is 21.0 Å². The zero-order valence-electron chi connectivity index (χ0n) is 21.1. The second-order valence-corrected chi connectivity index (χ2v) is 9.48. The van der Waals surface area contributed by atoms with Gasteiger partial charge in [0.15, 0.2) is 6.10 Å². The molecule has 38 heavy (non-hydrogen) atoms. The maximum Gasteiger partial charge on any atom is 0.513 e. The van der Waals surface area contributed by atoms with E-state index in [0.29, 0.717) is 28.0 Å². The van der Waals surface area contributed by atoms with Crippen LogP contribution in [0.3, 0.4) is 0 Å². The van der Waals surface area contributed by atoms with E-state index in [9.17, 15) is 19.6 Å². The highest BCUT2D eigenvalue weighted by Crippen LogP contribution is 2.42. The third kappa shape index (κ3) is 5.86. The molecule has 0 bridgehead atoms. The van der Waals surface area contributed by atoms with Gasteiger partial charge in [-0.3, -0.25) is 9.69 Å². The maximum atomic E-state index is 13.4. The van der Waals surface area contributed by atoms with Gasteiger partial charge in [-0.1, -0.05) is 28.8 Å². The van der Waals surface area contributed by atoms with Crippen LogP contribution in [0.1, 0.15) is 55.2 Å². The molecule has 0 saturated heterocycles. The minimum atomic E-state index is -1.07. The van der Waals surface area contributed by atoms with Gasteiger partial charge >= 0.3 is 12.2 Å². The van der Waals surface area contributed by atoms with Gasteiger partial charge in [0, 0.05) is 17.1 Å². The Kier molecular flexibility index (Phi) is 8.73. The Labute approximate surface area is 228 Å². The molecule has 1 aliphatic carbocycles. The normalized spacial score (nSPS) is 16.6. The van der Waals surface area contributed by atoms with E-state index in [1.165, 1.54) is 18.1 Å². The van der Waals surface area contributed by atoms with E-state index in [1.54, 1.807) is 25.1 Å². The van der Waals surface area contributed by atoms with Gasteiger partial charge in [-0.2, -0.15) is 5.26 Å². The van der Waals surface area contributed by atoms with Crippen molar-refractivity contribution in [3.8, 4) is 17.6 Å². The molecular weight excluding hydrogens is 558 g/mol. The first-order valence-electron chi connectivity index (χ1n) is 12.3. The fourth-order valence-electron chi connectivity index (χ4n) is 4.72. The molecule has 1 fully saturated rings. The van der Waals surface area contributed by atoms with Crippen molar-refractivity contribution in [2.75, 3.05) is 30.5 Å². The Morgan fingerprint density at radius 1 is 1.21 bits per heavy atom. The number of amides is 2. The molecule has 200 valence electrons. The highest BCUT2D eigenvalue weighted by atomic mass is 79.9. The lowest BCUT2D eigenvalue weighted by Crippen LogP contribution is -2.49. The third-order valence-corrected chi connectivity index (χ3v) is 7.17. The van der Waals surface area contributed by atoms with Crippen molar-refractivity contribution in [2.45, 2.75) is 50.0 Å². The van der Waals surface area contributed by atoms with Crippen molar-refractivity contribution < 1.29 is 33.3 Å². The lowest BCUT2D eigenvalue weighted by atomic mass is 9.94. The highest BCUT2D eigenvalue weighted by molar-refractivity contribution is 9.08. The lowest BCUT2D eigenvalue weighted by molar-refractivity contribution is -0.122. The Morgan fingerprint density at radius 2 is 1.97 bits per heavy atom. The molecule has 0 aromatic heterocycles. The molecule has 1 N–H and O–H groups in total. The molecule has 1 saturated carbocycles. The molecule has 11 heteroatoms. The molecular formula is C27H28BrN3O7. The van der Waals surface area contributed by atoms with E-state index in [2.05, 4.69) is 21.2 Å². The summed E-state index contributed by atoms with van der Waals surface area (Å²) in [6.45, 7) is 1.70. The third-order valence-electron chi connectivity index (χ3n) is 6.57. The number of fused-ring (bicyclic) bond motifs is 1. The molecule has 0 radical (unpaired) electrons. The second kappa shape index (κ2) is 12.2. The summed E-state index contributed by atoms with van der Waals surface area (Å²) in [7, 11) is 1.24. The molecule has 0 spiro atoms. The van der Waals surface area contributed by atoms with Crippen LogP contribution in [0, 0.1) is 11.3 Å². The molecule has 4 rings (SSSR count). The summed E-state index contributed by atoms with van der Waals surface area (Å²) in [4.78, 5) is 39.4. The van der Waals surface area contributed by atoms with Crippen LogP contribution in [0.5, 0.6) is 11.5 Å². The standard InChI is InChI=1S/C27H28BrN3O7/c1-3-36-26(33)31-15-24(37-22-9-8-16(14-29)10-21(22)31)25(32)30-20-12-23(38-27(34)35-2)19(11-18(20)13-28)17-6-4-5-7-17/h8-12,17,24H,3-7,13,15H2,1-2H3,(H,30,32). The summed E-state index contributed by atoms with van der Waals surface area (Å²) >= 11 is 3.50. The number of halogens is 1. The number of rotatable bonds is 6. The predicted octanol–water partition coefficient (Wildman–Crippen LogP) is 5.62. The number of nitriles is 1. The van der Waals surface area contributed by atoms with E-state index >= 15 is 0 Å². The van der Waals surface area contributed by atoms with Gasteiger partial charge in [-0.25, -0.2) is 9.59 Å². The quantitative estimate of drug-likeness (QED) is 0.263. The van der Waals surface area contributed by atoms with Gasteiger partial charge in [0.1, 0.15) is 11.5 Å². The molecule has 2 aromatic carbocycles. The van der Waals surface area contributed by atoms with Gasteiger partial charge in [0.25, 0.3) is 5.91 Å². The summed E-state index contributed by atoms with van der Waals surface area (Å²) in [5.41, 5.74) is 2.82. The first kappa shape index (κ1) is 27.3. The zero-order valence-corrected chi connectivity index (χ0v) is 22.7. The van der Waals surface area contributed by atoms with E-state index in [0.717, 1.165) is 36.8 Å². The number of nitrogens with one attached hydrogen (secondary N) is 1. The number of carbonyl (C=O) groups excluding carboxylic acids is 3. The van der Waals surface area contributed by atoms with E-state index in [4.69, 9.17) is 18.9 Å². The molecule has 10 nitrogen and oxygen atoms in total. The van der Waals surface area contributed by atoms with Crippen LogP contribution in [0.25, 0.3) is 0 Å². The summed E-state index contributed by atoms with van der Waals surface area (Å²) in [6, 6.07) is 10.2. The summed E-state index contributed by atoms with van der Waals surface area (Å²) in [6.07, 6.45) is 1.59. The number of anilines is 2. The molecule has 1 atom stereocenters. The van der Waals surface area contributed by atoms with Gasteiger partial charge in [0.2, 0.25) is 0 Å². The molecule has 1 heterocycles. The first-order valence-corrected chi connectivity index (χ1v) is 13.4. The molecule has 1 aliphatic heterocycles. The fraction of sp³-hybridized carbons (Fsp3) is 0.407. The van der Waals surface area contributed by atoms with Crippen molar-refractivity contribution in [3.05, 3.63) is 47.0 Å². The highest BCUT2D eigenvalue weighted by Gasteiger charge is 2.35. The number of nitrogens with zero attached hydrogens (tertiary/aromatic N) is 2. The predicted molar refractivity (Wildman–Crippen MR) is 142 cm³/mol. The van der Waals surface area contributed by atoms with Gasteiger partial charge < -0.3 is 24.3 Å². The number of carbonyl (C=O) groups is 3. The van der Waals surface area contributed by atoms with E-state index in [1.807, 2.05) is 12.1 Å². The van der Waals surface area contributed by atoms with Crippen molar-refractivity contribution in [1.29, 1.82) is 5.26 Å². The monoisotopic (exact) mass is 585 g/mol. The number of hydrogen-bond acceptors (Lipinski definition) is 8. The van der Waals surface area contributed by atoms with Crippen molar-refractivity contribution >= 4 is 45.5 Å². The molecule has 1 unspecified atom stereocenters. The van der Waals surface area contributed by atoms with Crippen LogP contribution in [-0.2, 0) is 19.6 Å². The van der Waals surface area contributed by atoms with Crippen LogP contribution >= 0.6 is 15.9 Å². The SMILES string of the molecule is CCOC(=O)N1CC(C(=O)Nc2cc(OC(=O)OC)c(C3CCCC3)cc2CBr)Oc2ccc(C#N)cc21. The van der Waals surface area contributed by atoms with Crippen LogP contribution in [0.2, 0.25) is 0 Å². The number of ether oxygens (including phenoxy) is 4. The Balaban J connectivity index is 1.63. The first-order chi connectivity index (χ1) is 18.4. The number of methoxy groups -OCH3 is 1. The molecule has 2 amide bonds. The van der Waals surface area contributed by atoms with E-state index in [-0.39, 0.29) is 24.8 Å². The largest absolute Gasteiger partial charge is 0.513 e. The minimum absolute atomic E-state index is 0.123.